The zero-order valence-electron chi connectivity index (χ0n) is 16.2. The smallest absolute Gasteiger partial charge is 0.254 e. The average Bonchev–Trinajstić information content (AvgIpc) is 3.33. The van der Waals surface area contributed by atoms with Crippen LogP contribution in [0.2, 0.25) is 0 Å². The van der Waals surface area contributed by atoms with Gasteiger partial charge in [0.15, 0.2) is 5.13 Å². The molecular weight excluding hydrogens is 370 g/mol. The molecule has 0 atom stereocenters. The van der Waals surface area contributed by atoms with Crippen molar-refractivity contribution < 1.29 is 4.79 Å². The lowest BCUT2D eigenvalue weighted by molar-refractivity contribution is -0.126. The fourth-order valence-electron chi connectivity index (χ4n) is 3.79. The van der Waals surface area contributed by atoms with E-state index in [0.29, 0.717) is 18.0 Å². The van der Waals surface area contributed by atoms with E-state index in [1.54, 1.807) is 22.2 Å². The van der Waals surface area contributed by atoms with Gasteiger partial charge in [0.1, 0.15) is 5.54 Å². The Morgan fingerprint density at radius 1 is 1.29 bits per heavy atom. The van der Waals surface area contributed by atoms with E-state index >= 15 is 0 Å². The predicted octanol–water partition coefficient (Wildman–Crippen LogP) is 3.26. The number of thiazole rings is 1. The van der Waals surface area contributed by atoms with E-state index in [2.05, 4.69) is 51.9 Å². The molecule has 2 N–H and O–H groups in total. The summed E-state index contributed by atoms with van der Waals surface area (Å²) in [4.78, 5) is 19.1. The Balaban J connectivity index is 1.54. The van der Waals surface area contributed by atoms with Crippen LogP contribution in [0.1, 0.15) is 34.5 Å². The van der Waals surface area contributed by atoms with Gasteiger partial charge in [0.05, 0.1) is 5.69 Å². The minimum absolute atomic E-state index is 0.0337. The second kappa shape index (κ2) is 7.85. The number of piperidine rings is 1. The molecule has 1 saturated heterocycles. The SMILES string of the molecule is Cc1cccc(Cc2sc(NC(=O)C3(n4cccn4)CCNCC3)nc2C)c1. The fraction of sp³-hybridized carbons (Fsp3) is 0.381. The number of benzene rings is 1. The van der Waals surface area contributed by atoms with Crippen LogP contribution in [0.15, 0.2) is 42.7 Å². The number of rotatable bonds is 5. The molecule has 1 fully saturated rings. The van der Waals surface area contributed by atoms with Gasteiger partial charge in [-0.1, -0.05) is 29.8 Å². The Kier molecular flexibility index (Phi) is 5.28. The summed E-state index contributed by atoms with van der Waals surface area (Å²) in [5.41, 5.74) is 2.82. The maximum absolute atomic E-state index is 13.3. The Morgan fingerprint density at radius 3 is 2.82 bits per heavy atom. The first kappa shape index (κ1) is 18.8. The quantitative estimate of drug-likeness (QED) is 0.696. The first-order valence-corrected chi connectivity index (χ1v) is 10.4. The number of aromatic nitrogens is 3. The van der Waals surface area contributed by atoms with Gasteiger partial charge in [-0.15, -0.1) is 11.3 Å². The molecule has 1 aliphatic rings. The molecule has 6 nitrogen and oxygen atoms in total. The van der Waals surface area contributed by atoms with Gasteiger partial charge in [-0.2, -0.15) is 5.10 Å². The fourth-order valence-corrected chi connectivity index (χ4v) is 4.78. The summed E-state index contributed by atoms with van der Waals surface area (Å²) < 4.78 is 1.80. The van der Waals surface area contributed by atoms with Gasteiger partial charge >= 0.3 is 0 Å². The van der Waals surface area contributed by atoms with Crippen molar-refractivity contribution in [2.75, 3.05) is 18.4 Å². The largest absolute Gasteiger partial charge is 0.317 e. The van der Waals surface area contributed by atoms with Crippen LogP contribution in [0.4, 0.5) is 5.13 Å². The lowest BCUT2D eigenvalue weighted by Crippen LogP contribution is -2.52. The van der Waals surface area contributed by atoms with Crippen molar-refractivity contribution in [3.63, 3.8) is 0 Å². The molecular formula is C21H25N5OS. The van der Waals surface area contributed by atoms with Crippen LogP contribution in [-0.4, -0.2) is 33.8 Å². The Morgan fingerprint density at radius 2 is 2.11 bits per heavy atom. The molecule has 146 valence electrons. The molecule has 0 bridgehead atoms. The molecule has 2 aromatic heterocycles. The minimum Gasteiger partial charge on any atom is -0.317 e. The highest BCUT2D eigenvalue weighted by Crippen LogP contribution is 2.31. The van der Waals surface area contributed by atoms with E-state index in [9.17, 15) is 4.79 Å². The maximum atomic E-state index is 13.3. The number of nitrogens with one attached hydrogen (secondary N) is 2. The molecule has 1 aromatic carbocycles. The summed E-state index contributed by atoms with van der Waals surface area (Å²) in [5, 5.41) is 11.4. The van der Waals surface area contributed by atoms with Crippen LogP contribution < -0.4 is 10.6 Å². The van der Waals surface area contributed by atoms with Gasteiger partial charge in [-0.25, -0.2) is 4.98 Å². The third kappa shape index (κ3) is 3.72. The van der Waals surface area contributed by atoms with Crippen molar-refractivity contribution in [1.82, 2.24) is 20.1 Å². The molecule has 4 rings (SSSR count). The molecule has 0 unspecified atom stereocenters. The van der Waals surface area contributed by atoms with Crippen molar-refractivity contribution in [2.45, 2.75) is 38.6 Å². The molecule has 0 spiro atoms. The van der Waals surface area contributed by atoms with E-state index in [0.717, 1.165) is 25.2 Å². The Labute approximate surface area is 169 Å². The number of anilines is 1. The first-order chi connectivity index (χ1) is 13.6. The van der Waals surface area contributed by atoms with Gasteiger partial charge in [0.2, 0.25) is 0 Å². The summed E-state index contributed by atoms with van der Waals surface area (Å²) in [6, 6.07) is 10.4. The van der Waals surface area contributed by atoms with E-state index < -0.39 is 5.54 Å². The summed E-state index contributed by atoms with van der Waals surface area (Å²) >= 11 is 1.56. The van der Waals surface area contributed by atoms with Gasteiger partial charge < -0.3 is 5.32 Å². The monoisotopic (exact) mass is 395 g/mol. The number of hydrogen-bond donors (Lipinski definition) is 2. The van der Waals surface area contributed by atoms with E-state index in [1.807, 2.05) is 19.2 Å². The van der Waals surface area contributed by atoms with E-state index in [4.69, 9.17) is 0 Å². The Hall–Kier alpha value is -2.51. The van der Waals surface area contributed by atoms with Crippen LogP contribution in [0.3, 0.4) is 0 Å². The molecule has 0 radical (unpaired) electrons. The van der Waals surface area contributed by atoms with Gasteiger partial charge in [-0.3, -0.25) is 14.8 Å². The highest BCUT2D eigenvalue weighted by molar-refractivity contribution is 7.15. The third-order valence-corrected chi connectivity index (χ3v) is 6.43. The van der Waals surface area contributed by atoms with Gasteiger partial charge in [0.25, 0.3) is 5.91 Å². The molecule has 3 aromatic rings. The summed E-state index contributed by atoms with van der Waals surface area (Å²) in [6.07, 6.45) is 5.85. The van der Waals surface area contributed by atoms with Crippen LogP contribution in [-0.2, 0) is 16.8 Å². The molecule has 3 heterocycles. The van der Waals surface area contributed by atoms with Crippen molar-refractivity contribution in [1.29, 1.82) is 0 Å². The normalized spacial score (nSPS) is 16.1. The number of amides is 1. The van der Waals surface area contributed by atoms with Crippen LogP contribution in [0.5, 0.6) is 0 Å². The number of carbonyl (C=O) groups is 1. The lowest BCUT2D eigenvalue weighted by Gasteiger charge is -2.36. The van der Waals surface area contributed by atoms with Crippen LogP contribution >= 0.6 is 11.3 Å². The van der Waals surface area contributed by atoms with E-state index in [1.165, 1.54) is 16.0 Å². The first-order valence-electron chi connectivity index (χ1n) is 9.61. The van der Waals surface area contributed by atoms with Crippen LogP contribution in [0.25, 0.3) is 0 Å². The zero-order chi connectivity index (χ0) is 19.6. The van der Waals surface area contributed by atoms with Crippen molar-refractivity contribution >= 4 is 22.4 Å². The summed E-state index contributed by atoms with van der Waals surface area (Å²) in [5.74, 6) is -0.0337. The zero-order valence-corrected chi connectivity index (χ0v) is 17.1. The third-order valence-electron chi connectivity index (χ3n) is 5.36. The number of nitrogens with zero attached hydrogens (tertiary/aromatic N) is 3. The molecule has 0 aliphatic carbocycles. The molecule has 28 heavy (non-hydrogen) atoms. The van der Waals surface area contributed by atoms with Gasteiger partial charge in [-0.05, 0) is 51.4 Å². The predicted molar refractivity (Wildman–Crippen MR) is 112 cm³/mol. The topological polar surface area (TPSA) is 71.8 Å². The van der Waals surface area contributed by atoms with Gasteiger partial charge in [0, 0.05) is 23.7 Å². The van der Waals surface area contributed by atoms with Crippen molar-refractivity contribution in [3.8, 4) is 0 Å². The summed E-state index contributed by atoms with van der Waals surface area (Å²) in [7, 11) is 0. The number of hydrogen-bond acceptors (Lipinski definition) is 5. The maximum Gasteiger partial charge on any atom is 0.254 e. The van der Waals surface area contributed by atoms with Crippen molar-refractivity contribution in [3.05, 3.63) is 64.4 Å². The molecule has 7 heteroatoms. The minimum atomic E-state index is -0.662. The number of aryl methyl sites for hydroxylation is 2. The molecule has 1 aliphatic heterocycles. The average molecular weight is 396 g/mol. The standard InChI is InChI=1S/C21H25N5OS/c1-15-5-3-6-17(13-15)14-18-16(2)24-20(28-18)25-19(27)21(7-10-22-11-8-21)26-12-4-9-23-26/h3-6,9,12-13,22H,7-8,10-11,14H2,1-2H3,(H,24,25,27). The van der Waals surface area contributed by atoms with Crippen molar-refractivity contribution in [2.24, 2.45) is 0 Å². The highest BCUT2D eigenvalue weighted by atomic mass is 32.1. The Bertz CT molecular complexity index is 957. The summed E-state index contributed by atoms with van der Waals surface area (Å²) in [6.45, 7) is 5.69. The highest BCUT2D eigenvalue weighted by Gasteiger charge is 2.42. The molecule has 1 amide bonds. The van der Waals surface area contributed by atoms with E-state index in [-0.39, 0.29) is 5.91 Å². The van der Waals surface area contributed by atoms with Crippen LogP contribution in [0, 0.1) is 13.8 Å². The lowest BCUT2D eigenvalue weighted by atomic mass is 9.87. The number of carbonyl (C=O) groups excluding carboxylic acids is 1. The second-order valence-electron chi connectivity index (χ2n) is 7.38. The second-order valence-corrected chi connectivity index (χ2v) is 8.46. The molecule has 0 saturated carbocycles.